The van der Waals surface area contributed by atoms with Crippen LogP contribution in [0.15, 0.2) is 60.7 Å². The van der Waals surface area contributed by atoms with Crippen molar-refractivity contribution in [3.05, 3.63) is 71.8 Å². The largest absolute Gasteiger partial charge is 0.459 e. The Morgan fingerprint density at radius 1 is 0.692 bits per heavy atom. The van der Waals surface area contributed by atoms with Crippen LogP contribution in [0.4, 0.5) is 0 Å². The molecule has 2 aromatic carbocycles. The number of ether oxygens (including phenoxy) is 2. The third-order valence-electron chi connectivity index (χ3n) is 3.36. The Kier molecular flexibility index (Phi) is 7.63. The molecule has 0 N–H and O–H groups in total. The molecule has 0 aromatic heterocycles. The number of carbonyl (C=O) groups excluding carboxylic acids is 3. The van der Waals surface area contributed by atoms with Crippen molar-refractivity contribution in [3.8, 4) is 0 Å². The number of ketones is 1. The van der Waals surface area contributed by atoms with Gasteiger partial charge in [-0.15, -0.1) is 23.2 Å². The van der Waals surface area contributed by atoms with E-state index in [2.05, 4.69) is 0 Å². The minimum Gasteiger partial charge on any atom is -0.459 e. The smallest absolute Gasteiger partial charge is 0.332 e. The van der Waals surface area contributed by atoms with Crippen LogP contribution in [0.5, 0.6) is 0 Å². The van der Waals surface area contributed by atoms with Crippen molar-refractivity contribution in [3.63, 3.8) is 0 Å². The first kappa shape index (κ1) is 19.9. The van der Waals surface area contributed by atoms with Crippen molar-refractivity contribution in [1.29, 1.82) is 0 Å². The third kappa shape index (κ3) is 5.86. The second kappa shape index (κ2) is 9.94. The maximum Gasteiger partial charge on any atom is 0.332 e. The molecular formula is C19H16Cl2O5. The average Bonchev–Trinajstić information content (AvgIpc) is 2.70. The minimum absolute atomic E-state index is 0.0401. The molecule has 7 heteroatoms. The molecule has 2 atom stereocenters. The highest BCUT2D eigenvalue weighted by molar-refractivity contribution is 6.51. The number of halogens is 2. The van der Waals surface area contributed by atoms with E-state index >= 15 is 0 Å². The molecule has 2 unspecified atom stereocenters. The molecule has 0 aliphatic carbocycles. The van der Waals surface area contributed by atoms with Crippen molar-refractivity contribution < 1.29 is 23.9 Å². The van der Waals surface area contributed by atoms with Crippen LogP contribution in [0.2, 0.25) is 0 Å². The van der Waals surface area contributed by atoms with Crippen LogP contribution in [0.3, 0.4) is 0 Å². The lowest BCUT2D eigenvalue weighted by molar-refractivity contribution is -0.149. The monoisotopic (exact) mass is 394 g/mol. The Morgan fingerprint density at radius 3 is 1.38 bits per heavy atom. The normalized spacial score (nSPS) is 12.7. The Balaban J connectivity index is 1.83. The van der Waals surface area contributed by atoms with E-state index in [1.807, 2.05) is 12.1 Å². The van der Waals surface area contributed by atoms with Gasteiger partial charge in [0.15, 0.2) is 16.5 Å². The van der Waals surface area contributed by atoms with E-state index < -0.39 is 28.5 Å². The summed E-state index contributed by atoms with van der Waals surface area (Å²) in [5.41, 5.74) is 1.48. The first-order valence-corrected chi connectivity index (χ1v) is 8.59. The molecule has 0 radical (unpaired) electrons. The summed E-state index contributed by atoms with van der Waals surface area (Å²) in [6.07, 6.45) is 0. The van der Waals surface area contributed by atoms with Crippen molar-refractivity contribution in [2.45, 2.75) is 24.0 Å². The molecule has 5 nitrogen and oxygen atoms in total. The summed E-state index contributed by atoms with van der Waals surface area (Å²) in [7, 11) is 0. The highest BCUT2D eigenvalue weighted by Gasteiger charge is 2.36. The second-order valence-corrected chi connectivity index (χ2v) is 6.19. The quantitative estimate of drug-likeness (QED) is 0.390. The number of esters is 2. The summed E-state index contributed by atoms with van der Waals surface area (Å²) in [4.78, 5) is 35.8. The molecule has 0 spiro atoms. The van der Waals surface area contributed by atoms with Gasteiger partial charge in [0.25, 0.3) is 0 Å². The fraction of sp³-hybridized carbons (Fsp3) is 0.211. The fourth-order valence-electron chi connectivity index (χ4n) is 1.96. The maximum atomic E-state index is 12.1. The first-order valence-electron chi connectivity index (χ1n) is 7.72. The zero-order valence-electron chi connectivity index (χ0n) is 13.6. The van der Waals surface area contributed by atoms with Gasteiger partial charge in [-0.1, -0.05) is 60.7 Å². The van der Waals surface area contributed by atoms with Crippen LogP contribution in [-0.4, -0.2) is 28.5 Å². The highest BCUT2D eigenvalue weighted by atomic mass is 35.5. The van der Waals surface area contributed by atoms with Gasteiger partial charge in [-0.05, 0) is 11.1 Å². The van der Waals surface area contributed by atoms with E-state index in [4.69, 9.17) is 32.7 Å². The Bertz CT molecular complexity index is 686. The van der Waals surface area contributed by atoms with Gasteiger partial charge in [-0.25, -0.2) is 9.59 Å². The van der Waals surface area contributed by atoms with Gasteiger partial charge in [0.2, 0.25) is 0 Å². The van der Waals surface area contributed by atoms with Crippen LogP contribution < -0.4 is 0 Å². The summed E-state index contributed by atoms with van der Waals surface area (Å²) in [5.74, 6) is -2.92. The first-order chi connectivity index (χ1) is 12.5. The lowest BCUT2D eigenvalue weighted by atomic mass is 10.2. The molecule has 0 saturated heterocycles. The molecule has 0 aliphatic rings. The van der Waals surface area contributed by atoms with E-state index in [-0.39, 0.29) is 13.2 Å². The summed E-state index contributed by atoms with van der Waals surface area (Å²) in [6, 6.07) is 17.8. The van der Waals surface area contributed by atoms with Crippen molar-refractivity contribution >= 4 is 40.9 Å². The van der Waals surface area contributed by atoms with Gasteiger partial charge >= 0.3 is 11.9 Å². The van der Waals surface area contributed by atoms with Crippen molar-refractivity contribution in [2.24, 2.45) is 0 Å². The van der Waals surface area contributed by atoms with E-state index in [0.717, 1.165) is 11.1 Å². The Hall–Kier alpha value is -2.37. The zero-order valence-corrected chi connectivity index (χ0v) is 15.2. The minimum atomic E-state index is -1.69. The summed E-state index contributed by atoms with van der Waals surface area (Å²) in [6.45, 7) is -0.0802. The molecule has 0 saturated carbocycles. The van der Waals surface area contributed by atoms with Gasteiger partial charge in [0.1, 0.15) is 13.2 Å². The van der Waals surface area contributed by atoms with E-state index in [0.29, 0.717) is 0 Å². The lowest BCUT2D eigenvalue weighted by Gasteiger charge is -2.13. The summed E-state index contributed by atoms with van der Waals surface area (Å²) in [5, 5.41) is -3.38. The van der Waals surface area contributed by atoms with Gasteiger partial charge in [-0.3, -0.25) is 4.79 Å². The lowest BCUT2D eigenvalue weighted by Crippen LogP contribution is -2.37. The van der Waals surface area contributed by atoms with Gasteiger partial charge in [-0.2, -0.15) is 0 Å². The SMILES string of the molecule is O=C(OCc1ccccc1)C(Cl)C(=O)C(Cl)C(=O)OCc1ccccc1. The van der Waals surface area contributed by atoms with Gasteiger partial charge in [0, 0.05) is 0 Å². The predicted molar refractivity (Wildman–Crippen MR) is 96.8 cm³/mol. The standard InChI is InChI=1S/C19H16Cl2O5/c20-15(18(23)25-11-13-7-3-1-4-8-13)17(22)16(21)19(24)26-12-14-9-5-2-6-10-14/h1-10,15-16H,11-12H2. The zero-order chi connectivity index (χ0) is 18.9. The predicted octanol–water partition coefficient (Wildman–Crippen LogP) is 3.26. The molecule has 0 heterocycles. The van der Waals surface area contributed by atoms with Crippen LogP contribution in [-0.2, 0) is 37.1 Å². The van der Waals surface area contributed by atoms with Crippen molar-refractivity contribution in [2.75, 3.05) is 0 Å². The number of alkyl halides is 2. The summed E-state index contributed by atoms with van der Waals surface area (Å²) >= 11 is 11.6. The summed E-state index contributed by atoms with van der Waals surface area (Å²) < 4.78 is 9.94. The molecule has 0 bridgehead atoms. The molecule has 136 valence electrons. The Morgan fingerprint density at radius 2 is 1.04 bits per heavy atom. The number of benzene rings is 2. The van der Waals surface area contributed by atoms with Crippen LogP contribution in [0, 0.1) is 0 Å². The van der Waals surface area contributed by atoms with E-state index in [9.17, 15) is 14.4 Å². The maximum absolute atomic E-state index is 12.1. The second-order valence-electron chi connectivity index (χ2n) is 5.31. The number of rotatable bonds is 8. The Labute approximate surface area is 160 Å². The number of hydrogen-bond acceptors (Lipinski definition) is 5. The number of hydrogen-bond donors (Lipinski definition) is 0. The molecule has 0 aliphatic heterocycles. The average molecular weight is 395 g/mol. The molecule has 0 fully saturated rings. The molecule has 0 amide bonds. The molecule has 26 heavy (non-hydrogen) atoms. The third-order valence-corrected chi connectivity index (χ3v) is 4.15. The van der Waals surface area contributed by atoms with Crippen LogP contribution in [0.25, 0.3) is 0 Å². The van der Waals surface area contributed by atoms with E-state index in [1.165, 1.54) is 0 Å². The van der Waals surface area contributed by atoms with Gasteiger partial charge < -0.3 is 9.47 Å². The highest BCUT2D eigenvalue weighted by Crippen LogP contribution is 2.13. The molecular weight excluding hydrogens is 379 g/mol. The van der Waals surface area contributed by atoms with Crippen molar-refractivity contribution in [1.82, 2.24) is 0 Å². The number of carbonyl (C=O) groups is 3. The molecule has 2 rings (SSSR count). The van der Waals surface area contributed by atoms with E-state index in [1.54, 1.807) is 48.5 Å². The van der Waals surface area contributed by atoms with Gasteiger partial charge in [0.05, 0.1) is 0 Å². The number of Topliss-reactive ketones (excluding diaryl/α,β-unsaturated/α-hetero) is 1. The van der Waals surface area contributed by atoms with Crippen LogP contribution in [0.1, 0.15) is 11.1 Å². The molecule has 2 aromatic rings. The topological polar surface area (TPSA) is 69.7 Å². The fourth-order valence-corrected chi connectivity index (χ4v) is 2.41. The van der Waals surface area contributed by atoms with Crippen LogP contribution >= 0.6 is 23.2 Å².